The van der Waals surface area contributed by atoms with Crippen molar-refractivity contribution < 1.29 is 22.4 Å². The third-order valence-electron chi connectivity index (χ3n) is 6.21. The van der Waals surface area contributed by atoms with E-state index in [1.807, 2.05) is 9.80 Å². The minimum Gasteiger partial charge on any atom is -0.337 e. The Morgan fingerprint density at radius 3 is 2.54 bits per heavy atom. The van der Waals surface area contributed by atoms with Crippen LogP contribution >= 0.6 is 11.3 Å². The van der Waals surface area contributed by atoms with Crippen molar-refractivity contribution in [1.29, 1.82) is 0 Å². The van der Waals surface area contributed by atoms with Crippen LogP contribution in [0.15, 0.2) is 53.9 Å². The molecule has 0 unspecified atom stereocenters. The second-order valence-electron chi connectivity index (χ2n) is 9.04. The van der Waals surface area contributed by atoms with E-state index in [1.54, 1.807) is 29.6 Å². The minimum absolute atomic E-state index is 0.0991. The molecule has 2 aromatic carbocycles. The third kappa shape index (κ3) is 6.67. The number of carbonyl (C=O) groups is 1. The van der Waals surface area contributed by atoms with Crippen LogP contribution in [0, 0.1) is 11.7 Å². The fourth-order valence-electron chi connectivity index (χ4n) is 4.19. The predicted molar refractivity (Wildman–Crippen MR) is 127 cm³/mol. The van der Waals surface area contributed by atoms with E-state index in [4.69, 9.17) is 0 Å². The molecule has 3 aromatic rings. The second kappa shape index (κ2) is 10.9. The van der Waals surface area contributed by atoms with E-state index >= 15 is 0 Å². The number of aromatic nitrogens is 1. The van der Waals surface area contributed by atoms with E-state index in [1.165, 1.54) is 23.5 Å². The summed E-state index contributed by atoms with van der Waals surface area (Å²) >= 11 is 1.33. The van der Waals surface area contributed by atoms with Gasteiger partial charge in [0, 0.05) is 37.1 Å². The van der Waals surface area contributed by atoms with Crippen LogP contribution in [0.2, 0.25) is 0 Å². The lowest BCUT2D eigenvalue weighted by molar-refractivity contribution is -0.137. The molecular formula is C26H27F4N3OS. The van der Waals surface area contributed by atoms with Crippen LogP contribution in [0.25, 0.3) is 0 Å². The van der Waals surface area contributed by atoms with Crippen LogP contribution in [-0.2, 0) is 25.8 Å². The molecule has 1 aliphatic rings. The zero-order valence-electron chi connectivity index (χ0n) is 19.4. The van der Waals surface area contributed by atoms with Gasteiger partial charge in [-0.2, -0.15) is 13.2 Å². The first-order chi connectivity index (χ1) is 16.7. The van der Waals surface area contributed by atoms with Crippen molar-refractivity contribution in [3.63, 3.8) is 0 Å². The molecule has 1 aromatic heterocycles. The molecule has 4 rings (SSSR count). The minimum atomic E-state index is -4.44. The van der Waals surface area contributed by atoms with Crippen molar-refractivity contribution >= 4 is 17.2 Å². The highest BCUT2D eigenvalue weighted by Crippen LogP contribution is 2.30. The first kappa shape index (κ1) is 25.3. The molecule has 0 bridgehead atoms. The molecule has 0 atom stereocenters. The topological polar surface area (TPSA) is 36.4 Å². The Bertz CT molecular complexity index is 1160. The van der Waals surface area contributed by atoms with Gasteiger partial charge in [0.05, 0.1) is 12.1 Å². The highest BCUT2D eigenvalue weighted by atomic mass is 32.1. The molecular weight excluding hydrogens is 478 g/mol. The van der Waals surface area contributed by atoms with Crippen molar-refractivity contribution in [3.8, 4) is 0 Å². The van der Waals surface area contributed by atoms with E-state index in [0.29, 0.717) is 40.8 Å². The number of hydrogen-bond acceptors (Lipinski definition) is 4. The molecule has 2 heterocycles. The lowest BCUT2D eigenvalue weighted by Gasteiger charge is -2.29. The molecule has 1 saturated heterocycles. The van der Waals surface area contributed by atoms with Crippen LogP contribution in [0.3, 0.4) is 0 Å². The van der Waals surface area contributed by atoms with Crippen molar-refractivity contribution in [1.82, 2.24) is 14.8 Å². The van der Waals surface area contributed by atoms with Crippen LogP contribution in [0.5, 0.6) is 0 Å². The molecule has 0 radical (unpaired) electrons. The average molecular weight is 506 g/mol. The number of likely N-dealkylation sites (tertiary alicyclic amines) is 1. The van der Waals surface area contributed by atoms with Gasteiger partial charge in [0.2, 0.25) is 0 Å². The third-order valence-corrected chi connectivity index (χ3v) is 7.05. The summed E-state index contributed by atoms with van der Waals surface area (Å²) in [5.41, 5.74) is 0.560. The Balaban J connectivity index is 1.52. The lowest BCUT2D eigenvalue weighted by Crippen LogP contribution is -2.38. The van der Waals surface area contributed by atoms with E-state index in [0.717, 1.165) is 25.0 Å². The summed E-state index contributed by atoms with van der Waals surface area (Å²) in [5.74, 6) is 0.127. The zero-order valence-corrected chi connectivity index (χ0v) is 20.2. The predicted octanol–water partition coefficient (Wildman–Crippen LogP) is 6.38. The summed E-state index contributed by atoms with van der Waals surface area (Å²) in [5, 5.41) is 2.38. The summed E-state index contributed by atoms with van der Waals surface area (Å²) in [6.07, 6.45) is -2.50. The summed E-state index contributed by atoms with van der Waals surface area (Å²) < 4.78 is 53.9. The summed E-state index contributed by atoms with van der Waals surface area (Å²) in [4.78, 5) is 21.0. The van der Waals surface area contributed by atoms with Gasteiger partial charge in [0.15, 0.2) is 0 Å². The molecule has 4 nitrogen and oxygen atoms in total. The van der Waals surface area contributed by atoms with Gasteiger partial charge in [-0.3, -0.25) is 9.69 Å². The van der Waals surface area contributed by atoms with Crippen molar-refractivity contribution in [2.75, 3.05) is 13.1 Å². The fourth-order valence-corrected chi connectivity index (χ4v) is 5.00. The van der Waals surface area contributed by atoms with E-state index in [2.05, 4.69) is 11.9 Å². The maximum absolute atomic E-state index is 14.4. The number of alkyl halides is 3. The van der Waals surface area contributed by atoms with Gasteiger partial charge in [-0.15, -0.1) is 11.3 Å². The number of halogens is 4. The van der Waals surface area contributed by atoms with Crippen LogP contribution in [0.1, 0.15) is 52.0 Å². The van der Waals surface area contributed by atoms with Crippen molar-refractivity contribution in [3.05, 3.63) is 87.1 Å². The van der Waals surface area contributed by atoms with Crippen LogP contribution in [-0.4, -0.2) is 33.8 Å². The lowest BCUT2D eigenvalue weighted by atomic mass is 9.99. The van der Waals surface area contributed by atoms with E-state index in [9.17, 15) is 22.4 Å². The molecule has 186 valence electrons. The van der Waals surface area contributed by atoms with E-state index in [-0.39, 0.29) is 31.4 Å². The Hall–Kier alpha value is -2.78. The van der Waals surface area contributed by atoms with Gasteiger partial charge >= 0.3 is 6.18 Å². The second-order valence-corrected chi connectivity index (χ2v) is 9.98. The SMILES string of the molecule is CC1CCN(C(=O)c2csc(CN(Cc3cccc(C(F)(F)F)c3)Cc3ccccc3F)n2)CC1. The van der Waals surface area contributed by atoms with E-state index < -0.39 is 11.7 Å². The molecule has 1 amide bonds. The molecule has 0 N–H and O–H groups in total. The molecule has 0 spiro atoms. The molecule has 9 heteroatoms. The average Bonchev–Trinajstić information content (AvgIpc) is 3.29. The molecule has 35 heavy (non-hydrogen) atoms. The normalized spacial score (nSPS) is 15.1. The first-order valence-corrected chi connectivity index (χ1v) is 12.4. The van der Waals surface area contributed by atoms with Crippen molar-refractivity contribution in [2.45, 2.75) is 45.6 Å². The maximum atomic E-state index is 14.4. The number of hydrogen-bond donors (Lipinski definition) is 0. The molecule has 1 aliphatic heterocycles. The van der Waals surface area contributed by atoms with Gasteiger partial charge in [0.25, 0.3) is 5.91 Å². The number of amides is 1. The number of benzene rings is 2. The Labute approximate surface area is 206 Å². The molecule has 1 fully saturated rings. The fraction of sp³-hybridized carbons (Fsp3) is 0.385. The number of piperidine rings is 1. The standard InChI is InChI=1S/C26H27F4N3OS/c1-18-9-11-33(12-10-18)25(34)23-17-35-24(31-23)16-32(15-20-6-2-3-8-22(20)27)14-19-5-4-7-21(13-19)26(28,29)30/h2-8,13,17-18H,9-12,14-16H2,1H3. The highest BCUT2D eigenvalue weighted by molar-refractivity contribution is 7.09. The quantitative estimate of drug-likeness (QED) is 0.350. The summed E-state index contributed by atoms with van der Waals surface area (Å²) in [6.45, 7) is 4.24. The van der Waals surface area contributed by atoms with Gasteiger partial charge in [-0.25, -0.2) is 9.37 Å². The van der Waals surface area contributed by atoms with Crippen LogP contribution in [0.4, 0.5) is 17.6 Å². The Morgan fingerprint density at radius 1 is 1.09 bits per heavy atom. The van der Waals surface area contributed by atoms with Gasteiger partial charge in [0.1, 0.15) is 16.5 Å². The first-order valence-electron chi connectivity index (χ1n) is 11.5. The van der Waals surface area contributed by atoms with Crippen molar-refractivity contribution in [2.24, 2.45) is 5.92 Å². The molecule has 0 aliphatic carbocycles. The smallest absolute Gasteiger partial charge is 0.337 e. The van der Waals surface area contributed by atoms with Crippen LogP contribution < -0.4 is 0 Å². The Kier molecular flexibility index (Phi) is 7.86. The number of thiazole rings is 1. The van der Waals surface area contributed by atoms with Gasteiger partial charge in [-0.1, -0.05) is 43.3 Å². The number of carbonyl (C=O) groups excluding carboxylic acids is 1. The van der Waals surface area contributed by atoms with Gasteiger partial charge < -0.3 is 4.90 Å². The largest absolute Gasteiger partial charge is 0.416 e. The highest BCUT2D eigenvalue weighted by Gasteiger charge is 2.30. The Morgan fingerprint density at radius 2 is 1.83 bits per heavy atom. The number of nitrogens with zero attached hydrogens (tertiary/aromatic N) is 3. The van der Waals surface area contributed by atoms with Gasteiger partial charge in [-0.05, 0) is 36.5 Å². The summed E-state index contributed by atoms with van der Waals surface area (Å²) in [6, 6.07) is 11.5. The summed E-state index contributed by atoms with van der Waals surface area (Å²) in [7, 11) is 0. The zero-order chi connectivity index (χ0) is 25.0. The molecule has 0 saturated carbocycles. The number of rotatable bonds is 7. The maximum Gasteiger partial charge on any atom is 0.416 e. The monoisotopic (exact) mass is 505 g/mol.